The zero-order chi connectivity index (χ0) is 9.84. The standard InChI is InChI=1S/C8H8ClIN2O/c1-11-8(13)12-7-3-2-5(9)4-6(7)10/h2-4H,1H3,(H2,11,12,13). The molecule has 2 amide bonds. The van der Waals surface area contributed by atoms with Gasteiger partial charge in [-0.25, -0.2) is 4.79 Å². The van der Waals surface area contributed by atoms with Gasteiger partial charge < -0.3 is 10.6 Å². The van der Waals surface area contributed by atoms with E-state index in [-0.39, 0.29) is 6.03 Å². The number of rotatable bonds is 1. The molecule has 1 aromatic rings. The maximum absolute atomic E-state index is 11.0. The van der Waals surface area contributed by atoms with E-state index in [4.69, 9.17) is 11.6 Å². The number of urea groups is 1. The first-order chi connectivity index (χ1) is 6.13. The summed E-state index contributed by atoms with van der Waals surface area (Å²) in [6, 6.07) is 5.04. The molecule has 0 aliphatic carbocycles. The Labute approximate surface area is 95.0 Å². The summed E-state index contributed by atoms with van der Waals surface area (Å²) in [7, 11) is 1.57. The van der Waals surface area contributed by atoms with Crippen LogP contribution >= 0.6 is 34.2 Å². The van der Waals surface area contributed by atoms with Crippen LogP contribution in [0.1, 0.15) is 0 Å². The summed E-state index contributed by atoms with van der Waals surface area (Å²) in [5.41, 5.74) is 0.754. The molecule has 0 heterocycles. The van der Waals surface area contributed by atoms with Gasteiger partial charge in [0, 0.05) is 15.6 Å². The van der Waals surface area contributed by atoms with Gasteiger partial charge in [0.1, 0.15) is 0 Å². The molecule has 0 aliphatic rings. The normalized spacial score (nSPS) is 9.46. The van der Waals surface area contributed by atoms with Crippen LogP contribution in [0.2, 0.25) is 5.02 Å². The molecule has 0 radical (unpaired) electrons. The first kappa shape index (κ1) is 10.6. The molecule has 0 fully saturated rings. The molecule has 0 unspecified atom stereocenters. The minimum atomic E-state index is -0.236. The molecule has 2 N–H and O–H groups in total. The molecule has 0 bridgehead atoms. The first-order valence-corrected chi connectivity index (χ1v) is 5.03. The molecule has 1 rings (SSSR count). The fourth-order valence-corrected chi connectivity index (χ4v) is 1.78. The van der Waals surface area contributed by atoms with Crippen LogP contribution in [0.15, 0.2) is 18.2 Å². The van der Waals surface area contributed by atoms with Crippen molar-refractivity contribution in [3.05, 3.63) is 26.8 Å². The average Bonchev–Trinajstić information content (AvgIpc) is 2.09. The SMILES string of the molecule is CNC(=O)Nc1ccc(Cl)cc1I. The predicted octanol–water partition coefficient (Wildman–Crippen LogP) is 2.70. The van der Waals surface area contributed by atoms with Crippen LogP contribution in [-0.2, 0) is 0 Å². The Morgan fingerprint density at radius 2 is 2.23 bits per heavy atom. The molecule has 0 aliphatic heterocycles. The smallest absolute Gasteiger partial charge is 0.319 e. The van der Waals surface area contributed by atoms with E-state index in [0.29, 0.717) is 5.02 Å². The van der Waals surface area contributed by atoms with Crippen LogP contribution in [0.25, 0.3) is 0 Å². The number of benzene rings is 1. The van der Waals surface area contributed by atoms with Gasteiger partial charge in [0.25, 0.3) is 0 Å². The van der Waals surface area contributed by atoms with E-state index in [9.17, 15) is 4.79 Å². The van der Waals surface area contributed by atoms with Crippen LogP contribution in [0.4, 0.5) is 10.5 Å². The van der Waals surface area contributed by atoms with Crippen molar-refractivity contribution in [2.24, 2.45) is 0 Å². The van der Waals surface area contributed by atoms with Gasteiger partial charge in [-0.2, -0.15) is 0 Å². The first-order valence-electron chi connectivity index (χ1n) is 3.57. The molecule has 0 spiro atoms. The van der Waals surface area contributed by atoms with E-state index in [1.54, 1.807) is 25.2 Å². The van der Waals surface area contributed by atoms with Gasteiger partial charge in [0.05, 0.1) is 5.69 Å². The maximum atomic E-state index is 11.0. The Morgan fingerprint density at radius 1 is 1.54 bits per heavy atom. The van der Waals surface area contributed by atoms with Crippen LogP contribution in [0, 0.1) is 3.57 Å². The van der Waals surface area contributed by atoms with Gasteiger partial charge in [-0.15, -0.1) is 0 Å². The molecular formula is C8H8ClIN2O. The van der Waals surface area contributed by atoms with E-state index >= 15 is 0 Å². The van der Waals surface area contributed by atoms with Gasteiger partial charge in [0.15, 0.2) is 0 Å². The number of hydrogen-bond acceptors (Lipinski definition) is 1. The molecule has 0 aromatic heterocycles. The highest BCUT2D eigenvalue weighted by Gasteiger charge is 2.02. The molecule has 1 aromatic carbocycles. The summed E-state index contributed by atoms with van der Waals surface area (Å²) in [5, 5.41) is 5.80. The summed E-state index contributed by atoms with van der Waals surface area (Å²) in [4.78, 5) is 11.0. The van der Waals surface area contributed by atoms with Crippen LogP contribution in [-0.4, -0.2) is 13.1 Å². The Bertz CT molecular complexity index is 330. The van der Waals surface area contributed by atoms with Crippen LogP contribution in [0.3, 0.4) is 0 Å². The highest BCUT2D eigenvalue weighted by atomic mass is 127. The van der Waals surface area contributed by atoms with Gasteiger partial charge in [-0.3, -0.25) is 0 Å². The summed E-state index contributed by atoms with van der Waals surface area (Å²) < 4.78 is 0.911. The van der Waals surface area contributed by atoms with E-state index in [1.807, 2.05) is 0 Å². The van der Waals surface area contributed by atoms with Crippen molar-refractivity contribution in [2.75, 3.05) is 12.4 Å². The Balaban J connectivity index is 2.83. The molecule has 0 saturated heterocycles. The highest BCUT2D eigenvalue weighted by Crippen LogP contribution is 2.21. The Morgan fingerprint density at radius 3 is 2.77 bits per heavy atom. The third-order valence-corrected chi connectivity index (χ3v) is 2.53. The topological polar surface area (TPSA) is 41.1 Å². The molecule has 13 heavy (non-hydrogen) atoms. The summed E-state index contributed by atoms with van der Waals surface area (Å²) >= 11 is 7.86. The van der Waals surface area contributed by atoms with E-state index in [1.165, 1.54) is 0 Å². The van der Waals surface area contributed by atoms with Crippen molar-refractivity contribution in [1.82, 2.24) is 5.32 Å². The largest absolute Gasteiger partial charge is 0.341 e. The van der Waals surface area contributed by atoms with Gasteiger partial charge in [-0.1, -0.05) is 11.6 Å². The summed E-state index contributed by atoms with van der Waals surface area (Å²) in [5.74, 6) is 0. The fourth-order valence-electron chi connectivity index (χ4n) is 0.776. The quantitative estimate of drug-likeness (QED) is 0.769. The molecule has 0 atom stereocenters. The van der Waals surface area contributed by atoms with Crippen LogP contribution in [0.5, 0.6) is 0 Å². The van der Waals surface area contributed by atoms with Gasteiger partial charge >= 0.3 is 6.03 Å². The maximum Gasteiger partial charge on any atom is 0.319 e. The average molecular weight is 311 g/mol. The minimum absolute atomic E-state index is 0.236. The second-order valence-electron chi connectivity index (χ2n) is 2.33. The number of nitrogens with one attached hydrogen (secondary N) is 2. The summed E-state index contributed by atoms with van der Waals surface area (Å²) in [6.45, 7) is 0. The van der Waals surface area contributed by atoms with Crippen molar-refractivity contribution in [2.45, 2.75) is 0 Å². The third-order valence-electron chi connectivity index (χ3n) is 1.41. The second kappa shape index (κ2) is 4.66. The highest BCUT2D eigenvalue weighted by molar-refractivity contribution is 14.1. The van der Waals surface area contributed by atoms with Crippen molar-refractivity contribution in [3.63, 3.8) is 0 Å². The summed E-state index contributed by atoms with van der Waals surface area (Å²) in [6.07, 6.45) is 0. The predicted molar refractivity (Wildman–Crippen MR) is 62.2 cm³/mol. The molecule has 0 saturated carbocycles. The third kappa shape index (κ3) is 3.04. The lowest BCUT2D eigenvalue weighted by Gasteiger charge is -2.06. The molecule has 5 heteroatoms. The lowest BCUT2D eigenvalue weighted by molar-refractivity contribution is 0.254. The number of carbonyl (C=O) groups excluding carboxylic acids is 1. The van der Waals surface area contributed by atoms with E-state index in [2.05, 4.69) is 33.2 Å². The molecular weight excluding hydrogens is 302 g/mol. The van der Waals surface area contributed by atoms with Crippen molar-refractivity contribution < 1.29 is 4.79 Å². The fraction of sp³-hybridized carbons (Fsp3) is 0.125. The lowest BCUT2D eigenvalue weighted by atomic mass is 10.3. The van der Waals surface area contributed by atoms with Gasteiger partial charge in [-0.05, 0) is 40.8 Å². The van der Waals surface area contributed by atoms with E-state index in [0.717, 1.165) is 9.26 Å². The van der Waals surface area contributed by atoms with Crippen molar-refractivity contribution >= 4 is 45.9 Å². The van der Waals surface area contributed by atoms with Crippen molar-refractivity contribution in [1.29, 1.82) is 0 Å². The van der Waals surface area contributed by atoms with Crippen LogP contribution < -0.4 is 10.6 Å². The Kier molecular flexibility index (Phi) is 3.80. The zero-order valence-corrected chi connectivity index (χ0v) is 9.81. The molecule has 3 nitrogen and oxygen atoms in total. The van der Waals surface area contributed by atoms with E-state index < -0.39 is 0 Å². The van der Waals surface area contributed by atoms with Crippen molar-refractivity contribution in [3.8, 4) is 0 Å². The Hall–Kier alpha value is -0.490. The number of anilines is 1. The zero-order valence-electron chi connectivity index (χ0n) is 6.90. The number of amides is 2. The molecule has 70 valence electrons. The number of halogens is 2. The monoisotopic (exact) mass is 310 g/mol. The number of hydrogen-bond donors (Lipinski definition) is 2. The minimum Gasteiger partial charge on any atom is -0.341 e. The lowest BCUT2D eigenvalue weighted by Crippen LogP contribution is -2.24. The second-order valence-corrected chi connectivity index (χ2v) is 3.93. The van der Waals surface area contributed by atoms with Gasteiger partial charge in [0.2, 0.25) is 0 Å². The number of carbonyl (C=O) groups is 1.